The first-order valence-corrected chi connectivity index (χ1v) is 13.6. The maximum absolute atomic E-state index is 2.60. The molecule has 176 valence electrons. The van der Waals surface area contributed by atoms with Crippen LogP contribution in [0.25, 0.3) is 0 Å². The highest BCUT2D eigenvalue weighted by molar-refractivity contribution is 5.51. The summed E-state index contributed by atoms with van der Waals surface area (Å²) in [6, 6.07) is 10.9. The molecule has 0 spiro atoms. The Balaban J connectivity index is 1.63. The van der Waals surface area contributed by atoms with Crippen LogP contribution in [0.2, 0.25) is 0 Å². The minimum absolute atomic E-state index is 0.507. The fourth-order valence-electron chi connectivity index (χ4n) is 4.79. The van der Waals surface area contributed by atoms with Gasteiger partial charge in [-0.3, -0.25) is 0 Å². The summed E-state index contributed by atoms with van der Waals surface area (Å²) < 4.78 is 0. The van der Waals surface area contributed by atoms with Crippen LogP contribution in [0.5, 0.6) is 0 Å². The van der Waals surface area contributed by atoms with Crippen LogP contribution in [0, 0.1) is 0 Å². The van der Waals surface area contributed by atoms with E-state index in [0.717, 1.165) is 0 Å². The lowest BCUT2D eigenvalue weighted by molar-refractivity contribution is 0.273. The molecule has 0 amide bonds. The van der Waals surface area contributed by atoms with E-state index in [1.807, 2.05) is 0 Å². The molecule has 1 aliphatic heterocycles. The van der Waals surface area contributed by atoms with Crippen LogP contribution in [0.15, 0.2) is 42.7 Å². The Bertz CT molecular complexity index is 553. The van der Waals surface area contributed by atoms with E-state index < -0.39 is 0 Å². The number of para-hydroxylation sites is 1. The van der Waals surface area contributed by atoms with Crippen LogP contribution in [0.4, 0.5) is 5.69 Å². The van der Waals surface area contributed by atoms with Gasteiger partial charge in [0.1, 0.15) is 6.17 Å². The highest BCUT2D eigenvalue weighted by Gasteiger charge is 2.26. The number of unbranched alkanes of at least 4 members (excludes halogenated alkanes) is 14. The van der Waals surface area contributed by atoms with Crippen molar-refractivity contribution < 1.29 is 0 Å². The molecule has 1 unspecified atom stereocenters. The van der Waals surface area contributed by atoms with Gasteiger partial charge in [0, 0.05) is 24.6 Å². The van der Waals surface area contributed by atoms with Gasteiger partial charge in [0.25, 0.3) is 0 Å². The third kappa shape index (κ3) is 10.6. The van der Waals surface area contributed by atoms with Gasteiger partial charge in [-0.2, -0.15) is 0 Å². The second-order valence-electron chi connectivity index (χ2n) is 9.50. The van der Waals surface area contributed by atoms with Gasteiger partial charge in [-0.15, -0.1) is 0 Å². The molecule has 0 bridgehead atoms. The van der Waals surface area contributed by atoms with E-state index >= 15 is 0 Å². The average Bonchev–Trinajstić information content (AvgIpc) is 3.20. The number of hydrogen-bond acceptors (Lipinski definition) is 2. The molecule has 0 fully saturated rings. The Hall–Kier alpha value is -1.44. The Kier molecular flexibility index (Phi) is 14.3. The average molecular weight is 427 g/mol. The summed E-state index contributed by atoms with van der Waals surface area (Å²) in [5.41, 5.74) is 1.33. The number of benzene rings is 1. The molecule has 0 saturated carbocycles. The van der Waals surface area contributed by atoms with Gasteiger partial charge in [-0.05, 0) is 31.4 Å². The minimum atomic E-state index is 0.507. The zero-order chi connectivity index (χ0) is 22.0. The predicted molar refractivity (Wildman–Crippen MR) is 138 cm³/mol. The molecule has 2 heteroatoms. The van der Waals surface area contributed by atoms with Crippen LogP contribution in [0.1, 0.15) is 123 Å². The summed E-state index contributed by atoms with van der Waals surface area (Å²) >= 11 is 0. The molecule has 1 atom stereocenters. The molecular formula is C29H50N2. The molecular weight excluding hydrogens is 376 g/mol. The largest absolute Gasteiger partial charge is 0.356 e. The molecule has 0 aliphatic carbocycles. The van der Waals surface area contributed by atoms with Crippen molar-refractivity contribution in [2.45, 2.75) is 129 Å². The standard InChI is InChI=1S/C29H50N2/c1-3-5-7-9-10-11-12-13-14-15-16-20-24-29-30(25-21-8-6-4-2)26-27-31(29)28-22-18-17-19-23-28/h17-19,22-23,26-27,29H,3-16,20-21,24-25H2,1-2H3. The number of nitrogens with zero attached hydrogens (tertiary/aromatic N) is 2. The van der Waals surface area contributed by atoms with Crippen molar-refractivity contribution in [2.24, 2.45) is 0 Å². The second-order valence-corrected chi connectivity index (χ2v) is 9.50. The van der Waals surface area contributed by atoms with Crippen molar-refractivity contribution in [1.82, 2.24) is 4.90 Å². The smallest absolute Gasteiger partial charge is 0.105 e. The van der Waals surface area contributed by atoms with Crippen molar-refractivity contribution in [3.05, 3.63) is 42.7 Å². The molecule has 31 heavy (non-hydrogen) atoms. The van der Waals surface area contributed by atoms with E-state index in [1.54, 1.807) is 0 Å². The number of hydrogen-bond donors (Lipinski definition) is 0. The van der Waals surface area contributed by atoms with Crippen LogP contribution in [0.3, 0.4) is 0 Å². The fourth-order valence-corrected chi connectivity index (χ4v) is 4.79. The van der Waals surface area contributed by atoms with Gasteiger partial charge in [-0.25, -0.2) is 0 Å². The number of anilines is 1. The SMILES string of the molecule is CCCCCCCCCCCCCCC1N(CCCCCC)C=CN1c1ccccc1. The topological polar surface area (TPSA) is 6.48 Å². The summed E-state index contributed by atoms with van der Waals surface area (Å²) in [7, 11) is 0. The molecule has 0 aromatic heterocycles. The van der Waals surface area contributed by atoms with Crippen molar-refractivity contribution in [3.8, 4) is 0 Å². The van der Waals surface area contributed by atoms with Gasteiger partial charge in [0.15, 0.2) is 0 Å². The highest BCUT2D eigenvalue weighted by Crippen LogP contribution is 2.28. The maximum Gasteiger partial charge on any atom is 0.105 e. The zero-order valence-corrected chi connectivity index (χ0v) is 20.7. The first-order valence-electron chi connectivity index (χ1n) is 13.6. The highest BCUT2D eigenvalue weighted by atomic mass is 15.4. The van der Waals surface area contributed by atoms with Crippen molar-refractivity contribution >= 4 is 5.69 Å². The molecule has 2 rings (SSSR count). The van der Waals surface area contributed by atoms with Gasteiger partial charge < -0.3 is 9.80 Å². The Morgan fingerprint density at radius 2 is 1.10 bits per heavy atom. The summed E-state index contributed by atoms with van der Waals surface area (Å²) in [6.45, 7) is 5.79. The summed E-state index contributed by atoms with van der Waals surface area (Å²) in [6.07, 6.45) is 28.8. The molecule has 0 radical (unpaired) electrons. The maximum atomic E-state index is 2.60. The van der Waals surface area contributed by atoms with Gasteiger partial charge in [0.05, 0.1) is 0 Å². The summed E-state index contributed by atoms with van der Waals surface area (Å²) in [5.74, 6) is 0. The minimum Gasteiger partial charge on any atom is -0.356 e. The van der Waals surface area contributed by atoms with Crippen molar-refractivity contribution in [3.63, 3.8) is 0 Å². The molecule has 0 N–H and O–H groups in total. The molecule has 1 aliphatic rings. The quantitative estimate of drug-likeness (QED) is 0.203. The first-order chi connectivity index (χ1) is 15.4. The first kappa shape index (κ1) is 25.8. The molecule has 1 aromatic rings. The summed E-state index contributed by atoms with van der Waals surface area (Å²) in [4.78, 5) is 5.10. The zero-order valence-electron chi connectivity index (χ0n) is 20.7. The van der Waals surface area contributed by atoms with Gasteiger partial charge in [0.2, 0.25) is 0 Å². The Labute approximate surface area is 194 Å². The lowest BCUT2D eigenvalue weighted by Crippen LogP contribution is -2.39. The Morgan fingerprint density at radius 1 is 0.581 bits per heavy atom. The summed E-state index contributed by atoms with van der Waals surface area (Å²) in [5, 5.41) is 0. The molecule has 2 nitrogen and oxygen atoms in total. The predicted octanol–water partition coefficient (Wildman–Crippen LogP) is 9.28. The van der Waals surface area contributed by atoms with Gasteiger partial charge in [-0.1, -0.05) is 122 Å². The lowest BCUT2D eigenvalue weighted by Gasteiger charge is -2.33. The van der Waals surface area contributed by atoms with E-state index in [9.17, 15) is 0 Å². The van der Waals surface area contributed by atoms with Crippen LogP contribution < -0.4 is 4.90 Å². The van der Waals surface area contributed by atoms with Gasteiger partial charge >= 0.3 is 0 Å². The molecule has 0 saturated heterocycles. The normalized spacial score (nSPS) is 15.9. The van der Waals surface area contributed by atoms with E-state index in [-0.39, 0.29) is 0 Å². The molecule has 1 heterocycles. The van der Waals surface area contributed by atoms with Crippen molar-refractivity contribution in [2.75, 3.05) is 11.4 Å². The van der Waals surface area contributed by atoms with Crippen LogP contribution >= 0.6 is 0 Å². The van der Waals surface area contributed by atoms with E-state index in [4.69, 9.17) is 0 Å². The fraction of sp³-hybridized carbons (Fsp3) is 0.724. The van der Waals surface area contributed by atoms with Crippen molar-refractivity contribution in [1.29, 1.82) is 0 Å². The third-order valence-corrected chi connectivity index (χ3v) is 6.76. The van der Waals surface area contributed by atoms with E-state index in [1.165, 1.54) is 121 Å². The monoisotopic (exact) mass is 426 g/mol. The third-order valence-electron chi connectivity index (χ3n) is 6.76. The van der Waals surface area contributed by atoms with Crippen LogP contribution in [-0.2, 0) is 0 Å². The number of rotatable bonds is 19. The Morgan fingerprint density at radius 3 is 1.68 bits per heavy atom. The second kappa shape index (κ2) is 17.2. The van der Waals surface area contributed by atoms with Crippen LogP contribution in [-0.4, -0.2) is 17.6 Å². The molecule has 1 aromatic carbocycles. The van der Waals surface area contributed by atoms with E-state index in [0.29, 0.717) is 6.17 Å². The lowest BCUT2D eigenvalue weighted by atomic mass is 10.0. The van der Waals surface area contributed by atoms with E-state index in [2.05, 4.69) is 66.4 Å².